The second kappa shape index (κ2) is 4.47. The molecule has 0 fully saturated rings. The highest BCUT2D eigenvalue weighted by molar-refractivity contribution is 7.15. The molecule has 0 saturated carbocycles. The Balaban J connectivity index is 1.97. The number of rotatable bonds is 2. The SMILES string of the molecule is NC(=O)c1c(-n2nnc3c2C(=O)OC3=O)sc2c1CCCC2. The Labute approximate surface area is 127 Å². The number of aryl methyl sites for hydroxylation is 1. The first-order valence-corrected chi connectivity index (χ1v) is 7.56. The van der Waals surface area contributed by atoms with Gasteiger partial charge in [0.25, 0.3) is 5.91 Å². The Kier molecular flexibility index (Phi) is 2.67. The number of primary amides is 1. The molecule has 112 valence electrons. The molecule has 2 N–H and O–H groups in total. The molecule has 3 heterocycles. The maximum absolute atomic E-state index is 11.9. The van der Waals surface area contributed by atoms with Crippen molar-refractivity contribution in [3.8, 4) is 5.00 Å². The molecule has 2 aliphatic rings. The van der Waals surface area contributed by atoms with E-state index in [1.54, 1.807) is 0 Å². The van der Waals surface area contributed by atoms with Gasteiger partial charge in [-0.2, -0.15) is 4.68 Å². The van der Waals surface area contributed by atoms with Gasteiger partial charge in [0.15, 0.2) is 5.69 Å². The summed E-state index contributed by atoms with van der Waals surface area (Å²) < 4.78 is 5.72. The van der Waals surface area contributed by atoms with Gasteiger partial charge in [-0.15, -0.1) is 16.4 Å². The van der Waals surface area contributed by atoms with Gasteiger partial charge in [-0.1, -0.05) is 5.21 Å². The number of nitrogens with two attached hydrogens (primary N) is 1. The first kappa shape index (κ1) is 13.1. The Hall–Kier alpha value is -2.55. The van der Waals surface area contributed by atoms with Crippen LogP contribution in [-0.4, -0.2) is 32.8 Å². The fourth-order valence-electron chi connectivity index (χ4n) is 2.88. The summed E-state index contributed by atoms with van der Waals surface area (Å²) in [5.74, 6) is -2.21. The van der Waals surface area contributed by atoms with Crippen LogP contribution in [0.4, 0.5) is 0 Å². The number of hydrogen-bond donors (Lipinski definition) is 1. The maximum Gasteiger partial charge on any atom is 0.369 e. The Morgan fingerprint density at radius 2 is 2.00 bits per heavy atom. The molecule has 0 bridgehead atoms. The highest BCUT2D eigenvalue weighted by Gasteiger charge is 2.39. The van der Waals surface area contributed by atoms with E-state index in [0.717, 1.165) is 36.1 Å². The number of amides is 1. The summed E-state index contributed by atoms with van der Waals surface area (Å²) in [6.45, 7) is 0. The third-order valence-electron chi connectivity index (χ3n) is 3.83. The predicted octanol–water partition coefficient (Wildman–Crippen LogP) is 0.617. The minimum absolute atomic E-state index is 0.0499. The molecular formula is C13H10N4O4S. The smallest absolute Gasteiger partial charge is 0.369 e. The molecule has 4 rings (SSSR count). The molecule has 9 heteroatoms. The maximum atomic E-state index is 11.9. The average molecular weight is 318 g/mol. The number of ether oxygens (including phenoxy) is 1. The van der Waals surface area contributed by atoms with Crippen LogP contribution in [0.3, 0.4) is 0 Å². The van der Waals surface area contributed by atoms with Gasteiger partial charge in [-0.05, 0) is 31.2 Å². The summed E-state index contributed by atoms with van der Waals surface area (Å²) in [5.41, 5.74) is 6.61. The second-order valence-electron chi connectivity index (χ2n) is 5.13. The summed E-state index contributed by atoms with van der Waals surface area (Å²) in [4.78, 5) is 36.2. The minimum Gasteiger partial charge on any atom is -0.383 e. The molecule has 0 radical (unpaired) electrons. The van der Waals surface area contributed by atoms with Crippen molar-refractivity contribution >= 4 is 29.2 Å². The topological polar surface area (TPSA) is 117 Å². The van der Waals surface area contributed by atoms with E-state index in [4.69, 9.17) is 5.73 Å². The van der Waals surface area contributed by atoms with Crippen LogP contribution in [0.1, 0.15) is 54.6 Å². The van der Waals surface area contributed by atoms with Gasteiger partial charge in [0, 0.05) is 4.88 Å². The van der Waals surface area contributed by atoms with Crippen LogP contribution in [0, 0.1) is 0 Å². The Morgan fingerprint density at radius 3 is 2.77 bits per heavy atom. The van der Waals surface area contributed by atoms with Gasteiger partial charge in [0.05, 0.1) is 5.56 Å². The van der Waals surface area contributed by atoms with Crippen molar-refractivity contribution < 1.29 is 19.1 Å². The number of fused-ring (bicyclic) bond motifs is 2. The van der Waals surface area contributed by atoms with Crippen LogP contribution in [0.5, 0.6) is 0 Å². The van der Waals surface area contributed by atoms with Gasteiger partial charge in [-0.25, -0.2) is 9.59 Å². The number of nitrogens with zero attached hydrogens (tertiary/aromatic N) is 3. The molecule has 0 spiro atoms. The number of carbonyl (C=O) groups is 3. The van der Waals surface area contributed by atoms with Crippen molar-refractivity contribution in [2.24, 2.45) is 5.73 Å². The third-order valence-corrected chi connectivity index (χ3v) is 5.10. The molecule has 0 unspecified atom stereocenters. The van der Waals surface area contributed by atoms with Gasteiger partial charge >= 0.3 is 11.9 Å². The van der Waals surface area contributed by atoms with Crippen molar-refractivity contribution in [3.63, 3.8) is 0 Å². The first-order chi connectivity index (χ1) is 10.6. The van der Waals surface area contributed by atoms with E-state index >= 15 is 0 Å². The standard InChI is InChI=1S/C13H10N4O4S/c14-10(18)7-5-3-1-2-4-6(5)22-11(7)17-9-8(15-16-17)12(19)21-13(9)20/h1-4H2,(H2,14,18). The minimum atomic E-state index is -0.826. The van der Waals surface area contributed by atoms with E-state index < -0.39 is 17.8 Å². The van der Waals surface area contributed by atoms with E-state index in [9.17, 15) is 14.4 Å². The molecule has 2 aromatic heterocycles. The Bertz CT molecular complexity index is 851. The van der Waals surface area contributed by atoms with Gasteiger partial charge in [0.2, 0.25) is 5.69 Å². The average Bonchev–Trinajstić information content (AvgIpc) is 3.13. The Morgan fingerprint density at radius 1 is 1.23 bits per heavy atom. The summed E-state index contributed by atoms with van der Waals surface area (Å²) in [6.07, 6.45) is 3.66. The summed E-state index contributed by atoms with van der Waals surface area (Å²) in [7, 11) is 0. The molecule has 1 aliphatic carbocycles. The molecule has 2 aromatic rings. The number of hydrogen-bond acceptors (Lipinski definition) is 7. The molecule has 1 amide bonds. The lowest BCUT2D eigenvalue weighted by Gasteiger charge is -2.11. The third kappa shape index (κ3) is 1.65. The van der Waals surface area contributed by atoms with Crippen LogP contribution in [0.15, 0.2) is 0 Å². The zero-order valence-electron chi connectivity index (χ0n) is 11.3. The molecule has 0 atom stereocenters. The second-order valence-corrected chi connectivity index (χ2v) is 6.21. The number of thiophene rings is 1. The summed E-state index contributed by atoms with van der Waals surface area (Å²) in [5, 5.41) is 7.96. The van der Waals surface area contributed by atoms with Crippen molar-refractivity contribution in [1.82, 2.24) is 15.0 Å². The van der Waals surface area contributed by atoms with Crippen LogP contribution < -0.4 is 5.73 Å². The van der Waals surface area contributed by atoms with Gasteiger partial charge in [-0.3, -0.25) is 4.79 Å². The molecular weight excluding hydrogens is 308 g/mol. The fraction of sp³-hybridized carbons (Fsp3) is 0.308. The van der Waals surface area contributed by atoms with Crippen molar-refractivity contribution in [2.45, 2.75) is 25.7 Å². The van der Waals surface area contributed by atoms with Crippen LogP contribution >= 0.6 is 11.3 Å². The predicted molar refractivity (Wildman–Crippen MR) is 74.1 cm³/mol. The first-order valence-electron chi connectivity index (χ1n) is 6.75. The van der Waals surface area contributed by atoms with Crippen LogP contribution in [0.25, 0.3) is 5.00 Å². The van der Waals surface area contributed by atoms with E-state index in [1.807, 2.05) is 0 Å². The van der Waals surface area contributed by atoms with E-state index in [1.165, 1.54) is 16.0 Å². The summed E-state index contributed by atoms with van der Waals surface area (Å²) in [6, 6.07) is 0. The molecule has 8 nitrogen and oxygen atoms in total. The molecule has 0 aromatic carbocycles. The van der Waals surface area contributed by atoms with E-state index in [2.05, 4.69) is 15.0 Å². The lowest BCUT2D eigenvalue weighted by Crippen LogP contribution is -2.18. The number of aromatic nitrogens is 3. The molecule has 0 saturated heterocycles. The quantitative estimate of drug-likeness (QED) is 0.640. The van der Waals surface area contributed by atoms with Crippen LogP contribution in [0.2, 0.25) is 0 Å². The van der Waals surface area contributed by atoms with Crippen molar-refractivity contribution in [1.29, 1.82) is 0 Å². The normalized spacial score (nSPS) is 16.4. The lowest BCUT2D eigenvalue weighted by molar-refractivity contribution is 0.0434. The van der Waals surface area contributed by atoms with Gasteiger partial charge in [0.1, 0.15) is 5.00 Å². The van der Waals surface area contributed by atoms with Crippen LogP contribution in [-0.2, 0) is 17.6 Å². The van der Waals surface area contributed by atoms with Crippen molar-refractivity contribution in [3.05, 3.63) is 27.4 Å². The highest BCUT2D eigenvalue weighted by atomic mass is 32.1. The van der Waals surface area contributed by atoms with E-state index in [0.29, 0.717) is 10.6 Å². The number of cyclic esters (lactones) is 2. The highest BCUT2D eigenvalue weighted by Crippen LogP contribution is 2.37. The fourth-order valence-corrected chi connectivity index (χ4v) is 4.23. The monoisotopic (exact) mass is 318 g/mol. The van der Waals surface area contributed by atoms with Gasteiger partial charge < -0.3 is 10.5 Å². The zero-order valence-corrected chi connectivity index (χ0v) is 12.1. The summed E-state index contributed by atoms with van der Waals surface area (Å²) >= 11 is 1.36. The number of esters is 2. The lowest BCUT2D eigenvalue weighted by atomic mass is 9.95. The zero-order chi connectivity index (χ0) is 15.4. The van der Waals surface area contributed by atoms with Crippen molar-refractivity contribution in [2.75, 3.05) is 0 Å². The van der Waals surface area contributed by atoms with E-state index in [-0.39, 0.29) is 11.4 Å². The number of carbonyl (C=O) groups excluding carboxylic acids is 3. The molecule has 22 heavy (non-hydrogen) atoms. The molecule has 1 aliphatic heterocycles. The largest absolute Gasteiger partial charge is 0.383 e.